The average Bonchev–Trinajstić information content (AvgIpc) is 3.26. The van der Waals surface area contributed by atoms with Gasteiger partial charge in [-0.2, -0.15) is 0 Å². The van der Waals surface area contributed by atoms with Gasteiger partial charge in [0.15, 0.2) is 0 Å². The van der Waals surface area contributed by atoms with Gasteiger partial charge in [-0.15, -0.1) is 0 Å². The molecule has 2 N–H and O–H groups in total. The number of aromatic nitrogens is 2. The summed E-state index contributed by atoms with van der Waals surface area (Å²) in [5.41, 5.74) is 0.0874. The van der Waals surface area contributed by atoms with Gasteiger partial charge in [0.1, 0.15) is 23.6 Å². The van der Waals surface area contributed by atoms with Crippen LogP contribution in [0.2, 0.25) is 0 Å². The molecule has 2 aliphatic heterocycles. The van der Waals surface area contributed by atoms with Crippen LogP contribution in [0.4, 0.5) is 11.6 Å². The molecule has 1 aromatic carbocycles. The van der Waals surface area contributed by atoms with Gasteiger partial charge in [0.05, 0.1) is 12.6 Å². The molecule has 0 aliphatic carbocycles. The summed E-state index contributed by atoms with van der Waals surface area (Å²) in [6, 6.07) is 12.1. The fourth-order valence-corrected chi connectivity index (χ4v) is 4.41. The Kier molecular flexibility index (Phi) is 5.23. The van der Waals surface area contributed by atoms with Crippen molar-refractivity contribution >= 4 is 11.6 Å². The maximum absolute atomic E-state index is 11.1. The van der Waals surface area contributed by atoms with E-state index in [0.29, 0.717) is 19.5 Å². The van der Waals surface area contributed by atoms with E-state index in [1.54, 1.807) is 6.33 Å². The van der Waals surface area contributed by atoms with Crippen molar-refractivity contribution in [3.8, 4) is 0 Å². The zero-order chi connectivity index (χ0) is 19.7. The molecule has 2 aliphatic rings. The smallest absolute Gasteiger partial charge is 0.134 e. The summed E-state index contributed by atoms with van der Waals surface area (Å²) in [5, 5.41) is 21.3. The third-order valence-electron chi connectivity index (χ3n) is 5.78. The van der Waals surface area contributed by atoms with E-state index in [1.807, 2.05) is 50.5 Å². The van der Waals surface area contributed by atoms with E-state index in [1.165, 1.54) is 0 Å². The lowest BCUT2D eigenvalue weighted by atomic mass is 9.93. The molecule has 0 spiro atoms. The van der Waals surface area contributed by atoms with Gasteiger partial charge in [-0.3, -0.25) is 0 Å². The quantitative estimate of drug-likeness (QED) is 0.800. The molecule has 0 amide bonds. The topological polar surface area (TPSA) is 76.0 Å². The summed E-state index contributed by atoms with van der Waals surface area (Å²) >= 11 is 0. The Morgan fingerprint density at radius 1 is 1.18 bits per heavy atom. The predicted octanol–water partition coefficient (Wildman–Crippen LogP) is 1.08. The highest BCUT2D eigenvalue weighted by atomic mass is 16.3. The Morgan fingerprint density at radius 3 is 2.68 bits per heavy atom. The van der Waals surface area contributed by atoms with Crippen molar-refractivity contribution < 1.29 is 10.2 Å². The summed E-state index contributed by atoms with van der Waals surface area (Å²) in [6.45, 7) is 2.71. The third kappa shape index (κ3) is 3.83. The fourth-order valence-electron chi connectivity index (χ4n) is 4.41. The van der Waals surface area contributed by atoms with Gasteiger partial charge < -0.3 is 24.9 Å². The molecule has 0 saturated carbocycles. The summed E-state index contributed by atoms with van der Waals surface area (Å²) in [7, 11) is 4.09. The first-order valence-corrected chi connectivity index (χ1v) is 9.89. The SMILES string of the molecule is CN(C)C[C@H]1C[C@@H](O)CN1c1cc(N2CCC(O)(c3ccccc3)C2)ncn1. The molecule has 150 valence electrons. The summed E-state index contributed by atoms with van der Waals surface area (Å²) in [5.74, 6) is 1.66. The zero-order valence-electron chi connectivity index (χ0n) is 16.6. The van der Waals surface area contributed by atoms with Crippen molar-refractivity contribution in [3.05, 3.63) is 48.3 Å². The second-order valence-corrected chi connectivity index (χ2v) is 8.26. The Balaban J connectivity index is 1.53. The second-order valence-electron chi connectivity index (χ2n) is 8.26. The van der Waals surface area contributed by atoms with Crippen molar-refractivity contribution in [3.63, 3.8) is 0 Å². The number of rotatable bonds is 5. The van der Waals surface area contributed by atoms with Crippen LogP contribution in [0.25, 0.3) is 0 Å². The molecule has 0 bridgehead atoms. The first-order chi connectivity index (χ1) is 13.4. The molecule has 3 heterocycles. The van der Waals surface area contributed by atoms with Crippen LogP contribution in [0, 0.1) is 0 Å². The molecule has 3 atom stereocenters. The maximum Gasteiger partial charge on any atom is 0.134 e. The second kappa shape index (κ2) is 7.66. The van der Waals surface area contributed by atoms with Crippen LogP contribution in [0.3, 0.4) is 0 Å². The molecule has 1 unspecified atom stereocenters. The molecule has 28 heavy (non-hydrogen) atoms. The van der Waals surface area contributed by atoms with Crippen LogP contribution in [0.15, 0.2) is 42.7 Å². The number of β-amino-alcohol motifs (C(OH)–C–C–N with tert-alkyl or cyclic N) is 2. The van der Waals surface area contributed by atoms with Gasteiger partial charge in [-0.25, -0.2) is 9.97 Å². The monoisotopic (exact) mass is 383 g/mol. The Morgan fingerprint density at radius 2 is 1.93 bits per heavy atom. The molecular weight excluding hydrogens is 354 g/mol. The molecule has 2 saturated heterocycles. The van der Waals surface area contributed by atoms with Crippen LogP contribution in [-0.2, 0) is 5.60 Å². The number of hydrogen-bond acceptors (Lipinski definition) is 7. The van der Waals surface area contributed by atoms with E-state index >= 15 is 0 Å². The predicted molar refractivity (Wildman–Crippen MR) is 110 cm³/mol. The Bertz CT molecular complexity index is 802. The van der Waals surface area contributed by atoms with Crippen molar-refractivity contribution in [2.75, 3.05) is 50.1 Å². The van der Waals surface area contributed by atoms with Crippen LogP contribution < -0.4 is 9.80 Å². The minimum absolute atomic E-state index is 0.229. The van der Waals surface area contributed by atoms with Gasteiger partial charge in [-0.1, -0.05) is 30.3 Å². The molecule has 2 fully saturated rings. The summed E-state index contributed by atoms with van der Waals surface area (Å²) in [6.07, 6.45) is 2.66. The standard InChI is InChI=1S/C21H29N5O2/c1-24(2)12-17-10-18(27)13-26(17)20-11-19(22-15-23-20)25-9-8-21(28,14-25)16-6-4-3-5-7-16/h3-7,11,15,17-18,27-28H,8-10,12-14H2,1-2H3/t17-,18-,21?/m1/s1. The summed E-state index contributed by atoms with van der Waals surface area (Å²) < 4.78 is 0. The zero-order valence-corrected chi connectivity index (χ0v) is 16.6. The van der Waals surface area contributed by atoms with E-state index in [0.717, 1.165) is 36.7 Å². The molecular formula is C21H29N5O2. The molecule has 7 heteroatoms. The number of benzene rings is 1. The number of hydrogen-bond donors (Lipinski definition) is 2. The first-order valence-electron chi connectivity index (χ1n) is 9.89. The van der Waals surface area contributed by atoms with Gasteiger partial charge in [0, 0.05) is 31.7 Å². The Hall–Kier alpha value is -2.22. The van der Waals surface area contributed by atoms with Gasteiger partial charge in [-0.05, 0) is 32.5 Å². The van der Waals surface area contributed by atoms with Gasteiger partial charge >= 0.3 is 0 Å². The lowest BCUT2D eigenvalue weighted by Gasteiger charge is -2.29. The number of likely N-dealkylation sites (N-methyl/N-ethyl adjacent to an activating group) is 1. The van der Waals surface area contributed by atoms with Gasteiger partial charge in [0.2, 0.25) is 0 Å². The third-order valence-corrected chi connectivity index (χ3v) is 5.78. The lowest BCUT2D eigenvalue weighted by molar-refractivity contribution is 0.0606. The number of aliphatic hydroxyl groups excluding tert-OH is 1. The van der Waals surface area contributed by atoms with E-state index in [4.69, 9.17) is 0 Å². The summed E-state index contributed by atoms with van der Waals surface area (Å²) in [4.78, 5) is 15.4. The van der Waals surface area contributed by atoms with E-state index in [-0.39, 0.29) is 12.1 Å². The van der Waals surface area contributed by atoms with Crippen molar-refractivity contribution in [2.24, 2.45) is 0 Å². The van der Waals surface area contributed by atoms with Crippen molar-refractivity contribution in [1.82, 2.24) is 14.9 Å². The minimum atomic E-state index is -0.857. The normalized spacial score (nSPS) is 27.8. The largest absolute Gasteiger partial charge is 0.391 e. The highest BCUT2D eigenvalue weighted by molar-refractivity contribution is 5.53. The van der Waals surface area contributed by atoms with Crippen LogP contribution in [-0.4, -0.2) is 77.5 Å². The molecule has 4 rings (SSSR count). The number of nitrogens with zero attached hydrogens (tertiary/aromatic N) is 5. The Labute approximate surface area is 166 Å². The highest BCUT2D eigenvalue weighted by Crippen LogP contribution is 2.35. The molecule has 2 aromatic rings. The van der Waals surface area contributed by atoms with E-state index < -0.39 is 5.60 Å². The molecule has 1 aromatic heterocycles. The fraction of sp³-hybridized carbons (Fsp3) is 0.524. The van der Waals surface area contributed by atoms with Crippen LogP contribution >= 0.6 is 0 Å². The number of aliphatic hydroxyl groups is 2. The van der Waals surface area contributed by atoms with Crippen molar-refractivity contribution in [2.45, 2.75) is 30.6 Å². The van der Waals surface area contributed by atoms with E-state index in [9.17, 15) is 10.2 Å². The van der Waals surface area contributed by atoms with Gasteiger partial charge in [0.25, 0.3) is 0 Å². The van der Waals surface area contributed by atoms with Crippen molar-refractivity contribution in [1.29, 1.82) is 0 Å². The highest BCUT2D eigenvalue weighted by Gasteiger charge is 2.38. The van der Waals surface area contributed by atoms with Crippen LogP contribution in [0.1, 0.15) is 18.4 Å². The maximum atomic E-state index is 11.1. The minimum Gasteiger partial charge on any atom is -0.391 e. The lowest BCUT2D eigenvalue weighted by Crippen LogP contribution is -2.38. The first kappa shape index (κ1) is 19.1. The van der Waals surface area contributed by atoms with E-state index in [2.05, 4.69) is 24.7 Å². The molecule has 0 radical (unpaired) electrons. The molecule has 7 nitrogen and oxygen atoms in total. The average molecular weight is 383 g/mol. The number of anilines is 2. The van der Waals surface area contributed by atoms with Crippen LogP contribution in [0.5, 0.6) is 0 Å².